The minimum atomic E-state index is -0.620. The molecule has 0 radical (unpaired) electrons. The van der Waals surface area contributed by atoms with Crippen LogP contribution < -0.4 is 0 Å². The van der Waals surface area contributed by atoms with Crippen molar-refractivity contribution in [2.45, 2.75) is 33.6 Å². The second-order valence-corrected chi connectivity index (χ2v) is 3.25. The highest BCUT2D eigenvalue weighted by atomic mass is 16.1. The van der Waals surface area contributed by atoms with E-state index in [1.165, 1.54) is 6.92 Å². The molecular formula is C10H15NO2. The molecule has 3 nitrogen and oxygen atoms in total. The predicted molar refractivity (Wildman–Crippen MR) is 48.9 cm³/mol. The SMILES string of the molecule is CCC(=O)C(C)CC(C#N)C(C)=O. The van der Waals surface area contributed by atoms with Gasteiger partial charge in [0, 0.05) is 12.3 Å². The molecule has 0 aromatic rings. The zero-order valence-electron chi connectivity index (χ0n) is 8.33. The van der Waals surface area contributed by atoms with Crippen LogP contribution in [0.25, 0.3) is 0 Å². The van der Waals surface area contributed by atoms with E-state index >= 15 is 0 Å². The lowest BCUT2D eigenvalue weighted by atomic mass is 9.90. The third-order valence-corrected chi connectivity index (χ3v) is 2.13. The molecule has 0 saturated heterocycles. The Morgan fingerprint density at radius 2 is 2.00 bits per heavy atom. The minimum Gasteiger partial charge on any atom is -0.299 e. The van der Waals surface area contributed by atoms with Crippen LogP contribution in [0.2, 0.25) is 0 Å². The van der Waals surface area contributed by atoms with Crippen LogP contribution >= 0.6 is 0 Å². The molecule has 3 heteroatoms. The van der Waals surface area contributed by atoms with Gasteiger partial charge in [0.25, 0.3) is 0 Å². The van der Waals surface area contributed by atoms with Crippen molar-refractivity contribution in [3.05, 3.63) is 0 Å². The minimum absolute atomic E-state index is 0.113. The highest BCUT2D eigenvalue weighted by molar-refractivity contribution is 5.83. The van der Waals surface area contributed by atoms with Crippen molar-refractivity contribution in [3.63, 3.8) is 0 Å². The molecule has 0 fully saturated rings. The van der Waals surface area contributed by atoms with Gasteiger partial charge >= 0.3 is 0 Å². The number of nitrogens with zero attached hydrogens (tertiary/aromatic N) is 1. The Morgan fingerprint density at radius 3 is 2.31 bits per heavy atom. The molecule has 0 rings (SSSR count). The van der Waals surface area contributed by atoms with E-state index in [2.05, 4.69) is 0 Å². The van der Waals surface area contributed by atoms with Crippen LogP contribution in [0.4, 0.5) is 0 Å². The summed E-state index contributed by atoms with van der Waals surface area (Å²) < 4.78 is 0. The normalized spacial score (nSPS) is 14.3. The lowest BCUT2D eigenvalue weighted by molar-refractivity contribution is -0.123. The molecule has 13 heavy (non-hydrogen) atoms. The summed E-state index contributed by atoms with van der Waals surface area (Å²) in [5.74, 6) is -0.844. The van der Waals surface area contributed by atoms with Gasteiger partial charge < -0.3 is 0 Å². The van der Waals surface area contributed by atoms with Crippen molar-refractivity contribution in [2.24, 2.45) is 11.8 Å². The van der Waals surface area contributed by atoms with E-state index < -0.39 is 5.92 Å². The van der Waals surface area contributed by atoms with E-state index in [1.54, 1.807) is 13.8 Å². The lowest BCUT2D eigenvalue weighted by Crippen LogP contribution is -2.18. The number of Topliss-reactive ketones (excluding diaryl/α,β-unsaturated/α-hetero) is 2. The van der Waals surface area contributed by atoms with E-state index in [9.17, 15) is 9.59 Å². The zero-order chi connectivity index (χ0) is 10.4. The fraction of sp³-hybridized carbons (Fsp3) is 0.700. The summed E-state index contributed by atoms with van der Waals surface area (Å²) >= 11 is 0. The van der Waals surface area contributed by atoms with Crippen molar-refractivity contribution in [1.29, 1.82) is 5.26 Å². The van der Waals surface area contributed by atoms with Gasteiger partial charge in [-0.1, -0.05) is 13.8 Å². The molecule has 0 spiro atoms. The van der Waals surface area contributed by atoms with E-state index in [4.69, 9.17) is 5.26 Å². The number of nitriles is 1. The molecule has 0 N–H and O–H groups in total. The largest absolute Gasteiger partial charge is 0.299 e. The van der Waals surface area contributed by atoms with Gasteiger partial charge in [-0.3, -0.25) is 9.59 Å². The van der Waals surface area contributed by atoms with Crippen molar-refractivity contribution >= 4 is 11.6 Å². The van der Waals surface area contributed by atoms with Gasteiger partial charge in [-0.05, 0) is 13.3 Å². The van der Waals surface area contributed by atoms with Gasteiger partial charge in [-0.2, -0.15) is 5.26 Å². The number of rotatable bonds is 5. The maximum Gasteiger partial charge on any atom is 0.146 e. The number of carbonyl (C=O) groups is 2. The predicted octanol–water partition coefficient (Wildman–Crippen LogP) is 1.72. The third kappa shape index (κ3) is 3.84. The molecule has 2 unspecified atom stereocenters. The smallest absolute Gasteiger partial charge is 0.146 e. The Morgan fingerprint density at radius 1 is 1.46 bits per heavy atom. The van der Waals surface area contributed by atoms with Crippen LogP contribution in [-0.4, -0.2) is 11.6 Å². The molecule has 0 heterocycles. The molecule has 0 aliphatic rings. The quantitative estimate of drug-likeness (QED) is 0.648. The summed E-state index contributed by atoms with van der Waals surface area (Å²) in [6.45, 7) is 4.93. The highest BCUT2D eigenvalue weighted by Gasteiger charge is 2.20. The molecule has 0 aromatic carbocycles. The van der Waals surface area contributed by atoms with Crippen molar-refractivity contribution < 1.29 is 9.59 Å². The standard InChI is InChI=1S/C10H15NO2/c1-4-10(13)7(2)5-9(6-11)8(3)12/h7,9H,4-5H2,1-3H3. The first-order valence-corrected chi connectivity index (χ1v) is 4.45. The molecular weight excluding hydrogens is 166 g/mol. The zero-order valence-corrected chi connectivity index (χ0v) is 8.33. The van der Waals surface area contributed by atoms with Gasteiger partial charge in [0.2, 0.25) is 0 Å². The second kappa shape index (κ2) is 5.47. The van der Waals surface area contributed by atoms with E-state index in [1.807, 2.05) is 6.07 Å². The molecule has 0 bridgehead atoms. The fourth-order valence-electron chi connectivity index (χ4n) is 1.14. The average molecular weight is 181 g/mol. The van der Waals surface area contributed by atoms with Crippen LogP contribution in [0.15, 0.2) is 0 Å². The maximum atomic E-state index is 11.2. The van der Waals surface area contributed by atoms with Crippen molar-refractivity contribution in [1.82, 2.24) is 0 Å². The summed E-state index contributed by atoms with van der Waals surface area (Å²) in [5.41, 5.74) is 0. The number of hydrogen-bond acceptors (Lipinski definition) is 3. The fourth-order valence-corrected chi connectivity index (χ4v) is 1.14. The summed E-state index contributed by atoms with van der Waals surface area (Å²) in [4.78, 5) is 22.1. The highest BCUT2D eigenvalue weighted by Crippen LogP contribution is 2.14. The lowest BCUT2D eigenvalue weighted by Gasteiger charge is -2.10. The van der Waals surface area contributed by atoms with Crippen molar-refractivity contribution in [3.8, 4) is 6.07 Å². The van der Waals surface area contributed by atoms with E-state index in [-0.39, 0.29) is 17.5 Å². The molecule has 0 amide bonds. The van der Waals surface area contributed by atoms with Gasteiger partial charge in [-0.25, -0.2) is 0 Å². The number of hydrogen-bond donors (Lipinski definition) is 0. The van der Waals surface area contributed by atoms with E-state index in [0.717, 1.165) is 0 Å². The van der Waals surface area contributed by atoms with Crippen LogP contribution in [0.3, 0.4) is 0 Å². The first kappa shape index (κ1) is 11.8. The summed E-state index contributed by atoms with van der Waals surface area (Å²) in [5, 5.41) is 8.62. The number of ketones is 2. The van der Waals surface area contributed by atoms with Crippen LogP contribution in [0, 0.1) is 23.2 Å². The first-order valence-electron chi connectivity index (χ1n) is 4.45. The Kier molecular flexibility index (Phi) is 4.98. The molecule has 0 saturated carbocycles. The second-order valence-electron chi connectivity index (χ2n) is 3.25. The Bertz CT molecular complexity index is 240. The summed E-state index contributed by atoms with van der Waals surface area (Å²) in [7, 11) is 0. The molecule has 72 valence electrons. The monoisotopic (exact) mass is 181 g/mol. The van der Waals surface area contributed by atoms with E-state index in [0.29, 0.717) is 12.8 Å². The maximum absolute atomic E-state index is 11.2. The Hall–Kier alpha value is -1.17. The Labute approximate surface area is 78.7 Å². The third-order valence-electron chi connectivity index (χ3n) is 2.13. The summed E-state index contributed by atoms with van der Waals surface area (Å²) in [6.07, 6.45) is 0.829. The average Bonchev–Trinajstić information content (AvgIpc) is 2.11. The first-order chi connectivity index (χ1) is 6.02. The molecule has 2 atom stereocenters. The van der Waals surface area contributed by atoms with Gasteiger partial charge in [0.15, 0.2) is 0 Å². The molecule has 0 aliphatic carbocycles. The van der Waals surface area contributed by atoms with Crippen LogP contribution in [0.5, 0.6) is 0 Å². The Balaban J connectivity index is 4.19. The number of carbonyl (C=O) groups excluding carboxylic acids is 2. The molecule has 0 aliphatic heterocycles. The molecule has 0 aromatic heterocycles. The topological polar surface area (TPSA) is 57.9 Å². The van der Waals surface area contributed by atoms with Crippen molar-refractivity contribution in [2.75, 3.05) is 0 Å². The summed E-state index contributed by atoms with van der Waals surface area (Å²) in [6, 6.07) is 1.91. The van der Waals surface area contributed by atoms with Gasteiger partial charge in [-0.15, -0.1) is 0 Å². The van der Waals surface area contributed by atoms with Gasteiger partial charge in [0.05, 0.1) is 6.07 Å². The van der Waals surface area contributed by atoms with Crippen LogP contribution in [0.1, 0.15) is 33.6 Å². The van der Waals surface area contributed by atoms with Gasteiger partial charge in [0.1, 0.15) is 17.5 Å². The van der Waals surface area contributed by atoms with Crippen LogP contribution in [-0.2, 0) is 9.59 Å².